The Balaban J connectivity index is 1.48. The number of hydrogen-bond donors (Lipinski definition) is 1. The summed E-state index contributed by atoms with van der Waals surface area (Å²) >= 11 is 0. The molecule has 3 aromatic rings. The number of carbonyl (C=O) groups excluding carboxylic acids is 1. The van der Waals surface area contributed by atoms with Gasteiger partial charge in [-0.1, -0.05) is 0 Å². The van der Waals surface area contributed by atoms with Gasteiger partial charge >= 0.3 is 0 Å². The van der Waals surface area contributed by atoms with Crippen LogP contribution in [-0.4, -0.2) is 67.4 Å². The van der Waals surface area contributed by atoms with E-state index in [1.807, 2.05) is 0 Å². The third-order valence-corrected chi connectivity index (χ3v) is 4.40. The number of nitrogens with zero attached hydrogens (tertiary/aromatic N) is 7. The highest BCUT2D eigenvalue weighted by molar-refractivity contribution is 5.97. The van der Waals surface area contributed by atoms with Crippen molar-refractivity contribution in [3.8, 4) is 5.82 Å². The van der Waals surface area contributed by atoms with Crippen LogP contribution in [0.5, 0.6) is 0 Å². The Hall–Kier alpha value is -3.30. The molecule has 1 saturated heterocycles. The summed E-state index contributed by atoms with van der Waals surface area (Å²) < 4.78 is 14.5. The molecule has 0 saturated carbocycles. The standard InChI is InChI=1S/C16H17FN8O/c17-12-2-4-13(5-3-12)23-6-1-7-24(9-8-23)16(26)14-10-18-20-15(14)25-11-19-21-22-25/h2-5,10-11H,1,6-9H2,(H,18,20). The minimum Gasteiger partial charge on any atom is -0.370 e. The number of amides is 1. The number of aromatic nitrogens is 6. The van der Waals surface area contributed by atoms with Gasteiger partial charge in [0.15, 0.2) is 5.82 Å². The highest BCUT2D eigenvalue weighted by atomic mass is 19.1. The van der Waals surface area contributed by atoms with Crippen LogP contribution in [0, 0.1) is 5.82 Å². The first-order valence-corrected chi connectivity index (χ1v) is 8.29. The van der Waals surface area contributed by atoms with Crippen molar-refractivity contribution in [2.75, 3.05) is 31.1 Å². The highest BCUT2D eigenvalue weighted by Gasteiger charge is 2.24. The maximum Gasteiger partial charge on any atom is 0.259 e. The average Bonchev–Trinajstić information content (AvgIpc) is 3.29. The smallest absolute Gasteiger partial charge is 0.259 e. The molecule has 0 radical (unpaired) electrons. The Labute approximate surface area is 148 Å². The number of nitrogens with one attached hydrogen (secondary N) is 1. The van der Waals surface area contributed by atoms with E-state index in [0.29, 0.717) is 31.0 Å². The largest absolute Gasteiger partial charge is 0.370 e. The Kier molecular flexibility index (Phi) is 4.30. The number of H-pyrrole nitrogens is 1. The quantitative estimate of drug-likeness (QED) is 0.748. The van der Waals surface area contributed by atoms with Gasteiger partial charge in [0.25, 0.3) is 5.91 Å². The van der Waals surface area contributed by atoms with Crippen molar-refractivity contribution in [2.24, 2.45) is 0 Å². The molecule has 4 rings (SSSR count). The fraction of sp³-hybridized carbons (Fsp3) is 0.312. The van der Waals surface area contributed by atoms with E-state index in [2.05, 4.69) is 30.6 Å². The molecule has 1 N–H and O–H groups in total. The van der Waals surface area contributed by atoms with Crippen molar-refractivity contribution >= 4 is 11.6 Å². The maximum atomic E-state index is 13.1. The predicted octanol–water partition coefficient (Wildman–Crippen LogP) is 0.877. The number of rotatable bonds is 3. The van der Waals surface area contributed by atoms with Gasteiger partial charge in [0.2, 0.25) is 0 Å². The van der Waals surface area contributed by atoms with Crippen molar-refractivity contribution in [3.05, 3.63) is 48.2 Å². The van der Waals surface area contributed by atoms with Gasteiger partial charge < -0.3 is 9.80 Å². The lowest BCUT2D eigenvalue weighted by Gasteiger charge is -2.23. The molecule has 1 aliphatic heterocycles. The van der Waals surface area contributed by atoms with Crippen molar-refractivity contribution in [1.82, 2.24) is 35.3 Å². The van der Waals surface area contributed by atoms with Gasteiger partial charge in [-0.25, -0.2) is 4.39 Å². The number of halogens is 1. The maximum absolute atomic E-state index is 13.1. The molecule has 9 nitrogen and oxygen atoms in total. The van der Waals surface area contributed by atoms with Gasteiger partial charge in [-0.15, -0.1) is 5.10 Å². The van der Waals surface area contributed by atoms with Gasteiger partial charge in [-0.05, 0) is 41.1 Å². The molecule has 2 aromatic heterocycles. The zero-order valence-electron chi connectivity index (χ0n) is 13.9. The second kappa shape index (κ2) is 6.90. The van der Waals surface area contributed by atoms with Crippen molar-refractivity contribution in [2.45, 2.75) is 6.42 Å². The third-order valence-electron chi connectivity index (χ3n) is 4.40. The van der Waals surface area contributed by atoms with Crippen molar-refractivity contribution in [1.29, 1.82) is 0 Å². The molecule has 1 fully saturated rings. The number of aromatic amines is 1. The van der Waals surface area contributed by atoms with Gasteiger partial charge in [0.1, 0.15) is 17.7 Å². The molecule has 0 spiro atoms. The van der Waals surface area contributed by atoms with E-state index in [9.17, 15) is 9.18 Å². The van der Waals surface area contributed by atoms with Gasteiger partial charge in [-0.3, -0.25) is 9.89 Å². The molecule has 0 unspecified atom stereocenters. The zero-order chi connectivity index (χ0) is 17.9. The average molecular weight is 356 g/mol. The number of hydrogen-bond acceptors (Lipinski definition) is 6. The van der Waals surface area contributed by atoms with Crippen LogP contribution < -0.4 is 4.90 Å². The summed E-state index contributed by atoms with van der Waals surface area (Å²) in [5, 5.41) is 17.7. The second-order valence-electron chi connectivity index (χ2n) is 6.00. The van der Waals surface area contributed by atoms with E-state index in [-0.39, 0.29) is 11.7 Å². The molecule has 0 atom stereocenters. The van der Waals surface area contributed by atoms with Crippen LogP contribution in [0.1, 0.15) is 16.8 Å². The monoisotopic (exact) mass is 356 g/mol. The Morgan fingerprint density at radius 2 is 1.96 bits per heavy atom. The Morgan fingerprint density at radius 1 is 1.12 bits per heavy atom. The minimum absolute atomic E-state index is 0.120. The Morgan fingerprint density at radius 3 is 2.73 bits per heavy atom. The molecule has 134 valence electrons. The van der Waals surface area contributed by atoms with Crippen LogP contribution in [0.2, 0.25) is 0 Å². The minimum atomic E-state index is -0.254. The zero-order valence-corrected chi connectivity index (χ0v) is 13.9. The number of anilines is 1. The van der Waals surface area contributed by atoms with E-state index < -0.39 is 0 Å². The molecular formula is C16H17FN8O. The van der Waals surface area contributed by atoms with Gasteiger partial charge in [0, 0.05) is 31.9 Å². The number of benzene rings is 1. The van der Waals surface area contributed by atoms with Crippen LogP contribution in [0.15, 0.2) is 36.8 Å². The molecule has 0 aliphatic carbocycles. The highest BCUT2D eigenvalue weighted by Crippen LogP contribution is 2.19. The summed E-state index contributed by atoms with van der Waals surface area (Å²) in [6.07, 6.45) is 3.71. The van der Waals surface area contributed by atoms with Crippen LogP contribution >= 0.6 is 0 Å². The molecule has 26 heavy (non-hydrogen) atoms. The van der Waals surface area contributed by atoms with E-state index in [1.54, 1.807) is 17.0 Å². The van der Waals surface area contributed by atoms with E-state index in [0.717, 1.165) is 18.7 Å². The van der Waals surface area contributed by atoms with Crippen LogP contribution in [0.4, 0.5) is 10.1 Å². The van der Waals surface area contributed by atoms with Crippen molar-refractivity contribution < 1.29 is 9.18 Å². The summed E-state index contributed by atoms with van der Waals surface area (Å²) in [5.41, 5.74) is 1.38. The van der Waals surface area contributed by atoms with Crippen molar-refractivity contribution in [3.63, 3.8) is 0 Å². The summed E-state index contributed by atoms with van der Waals surface area (Å²) in [7, 11) is 0. The van der Waals surface area contributed by atoms with Gasteiger partial charge in [0.05, 0.1) is 6.20 Å². The molecular weight excluding hydrogens is 339 g/mol. The van der Waals surface area contributed by atoms with E-state index in [1.165, 1.54) is 29.3 Å². The molecule has 3 heterocycles. The predicted molar refractivity (Wildman–Crippen MR) is 90.4 cm³/mol. The molecule has 1 aliphatic rings. The number of carbonyl (C=O) groups is 1. The SMILES string of the molecule is O=C(c1cn[nH]c1-n1cnnn1)N1CCCN(c2ccc(F)cc2)CC1. The normalized spacial score (nSPS) is 15.1. The van der Waals surface area contributed by atoms with Crippen LogP contribution in [0.25, 0.3) is 5.82 Å². The molecule has 0 bridgehead atoms. The fourth-order valence-corrected chi connectivity index (χ4v) is 3.08. The lowest BCUT2D eigenvalue weighted by molar-refractivity contribution is 0.0767. The van der Waals surface area contributed by atoms with E-state index >= 15 is 0 Å². The topological polar surface area (TPSA) is 95.8 Å². The summed E-state index contributed by atoms with van der Waals surface area (Å²) in [5.74, 6) is 0.0697. The van der Waals surface area contributed by atoms with Gasteiger partial charge in [-0.2, -0.15) is 9.78 Å². The van der Waals surface area contributed by atoms with Crippen LogP contribution in [-0.2, 0) is 0 Å². The van der Waals surface area contributed by atoms with Crippen LogP contribution in [0.3, 0.4) is 0 Å². The lowest BCUT2D eigenvalue weighted by atomic mass is 10.2. The summed E-state index contributed by atoms with van der Waals surface area (Å²) in [4.78, 5) is 16.9. The third kappa shape index (κ3) is 3.13. The molecule has 1 amide bonds. The lowest BCUT2D eigenvalue weighted by Crippen LogP contribution is -2.35. The summed E-state index contributed by atoms with van der Waals surface area (Å²) in [6.45, 7) is 2.68. The molecule has 1 aromatic carbocycles. The number of tetrazole rings is 1. The first-order valence-electron chi connectivity index (χ1n) is 8.29. The molecule has 10 heteroatoms. The fourth-order valence-electron chi connectivity index (χ4n) is 3.08. The first kappa shape index (κ1) is 16.2. The van der Waals surface area contributed by atoms with E-state index in [4.69, 9.17) is 0 Å². The summed E-state index contributed by atoms with van der Waals surface area (Å²) in [6, 6.07) is 6.43. The first-order chi connectivity index (χ1) is 12.7. The Bertz CT molecular complexity index is 876. The second-order valence-corrected chi connectivity index (χ2v) is 6.00.